The molecule has 1 saturated heterocycles. The number of rotatable bonds is 5. The molecule has 0 aromatic heterocycles. The Morgan fingerprint density at radius 2 is 2.20 bits per heavy atom. The van der Waals surface area contributed by atoms with Crippen LogP contribution in [0.25, 0.3) is 0 Å². The first-order chi connectivity index (χ1) is 9.67. The minimum atomic E-state index is 0.381. The van der Waals surface area contributed by atoms with E-state index in [0.717, 1.165) is 6.04 Å². The average molecular weight is 339 g/mol. The highest BCUT2D eigenvalue weighted by Gasteiger charge is 2.22. The molecule has 0 aliphatic carbocycles. The SMILES string of the molecule is CCCC1CCCCN1c1ccc(C(C)NC)c(Br)c1. The Labute approximate surface area is 132 Å². The summed E-state index contributed by atoms with van der Waals surface area (Å²) in [4.78, 5) is 2.62. The molecule has 0 saturated carbocycles. The number of nitrogens with zero attached hydrogens (tertiary/aromatic N) is 1. The molecule has 1 aromatic carbocycles. The van der Waals surface area contributed by atoms with Crippen molar-refractivity contribution >= 4 is 21.6 Å². The largest absolute Gasteiger partial charge is 0.369 e. The maximum absolute atomic E-state index is 3.75. The summed E-state index contributed by atoms with van der Waals surface area (Å²) in [7, 11) is 2.01. The zero-order valence-electron chi connectivity index (χ0n) is 13.0. The molecule has 2 rings (SSSR count). The number of hydrogen-bond donors (Lipinski definition) is 1. The minimum Gasteiger partial charge on any atom is -0.369 e. The third kappa shape index (κ3) is 3.56. The van der Waals surface area contributed by atoms with Crippen LogP contribution in [0, 0.1) is 0 Å². The number of hydrogen-bond acceptors (Lipinski definition) is 2. The maximum atomic E-state index is 3.75. The van der Waals surface area contributed by atoms with E-state index < -0.39 is 0 Å². The molecule has 1 heterocycles. The summed E-state index contributed by atoms with van der Waals surface area (Å²) in [6.45, 7) is 5.69. The fourth-order valence-corrected chi connectivity index (χ4v) is 3.89. The zero-order valence-corrected chi connectivity index (χ0v) is 14.5. The minimum absolute atomic E-state index is 0.381. The molecule has 1 aromatic rings. The Hall–Kier alpha value is -0.540. The van der Waals surface area contributed by atoms with E-state index in [9.17, 15) is 0 Å². The van der Waals surface area contributed by atoms with Gasteiger partial charge in [-0.05, 0) is 57.4 Å². The lowest BCUT2D eigenvalue weighted by atomic mass is 9.97. The van der Waals surface area contributed by atoms with Gasteiger partial charge in [0, 0.05) is 28.8 Å². The summed E-state index contributed by atoms with van der Waals surface area (Å²) in [6.07, 6.45) is 6.65. The zero-order chi connectivity index (χ0) is 14.5. The van der Waals surface area contributed by atoms with Gasteiger partial charge in [0.25, 0.3) is 0 Å². The number of nitrogens with one attached hydrogen (secondary N) is 1. The molecular weight excluding hydrogens is 312 g/mol. The van der Waals surface area contributed by atoms with Gasteiger partial charge in [-0.15, -0.1) is 0 Å². The predicted molar refractivity (Wildman–Crippen MR) is 91.5 cm³/mol. The van der Waals surface area contributed by atoms with Crippen molar-refractivity contribution in [3.63, 3.8) is 0 Å². The lowest BCUT2D eigenvalue weighted by Crippen LogP contribution is -2.39. The van der Waals surface area contributed by atoms with Gasteiger partial charge < -0.3 is 10.2 Å². The van der Waals surface area contributed by atoms with Gasteiger partial charge >= 0.3 is 0 Å². The van der Waals surface area contributed by atoms with Crippen LogP contribution in [0.4, 0.5) is 5.69 Å². The van der Waals surface area contributed by atoms with Gasteiger partial charge in [-0.1, -0.05) is 35.3 Å². The van der Waals surface area contributed by atoms with Gasteiger partial charge in [-0.3, -0.25) is 0 Å². The van der Waals surface area contributed by atoms with E-state index in [-0.39, 0.29) is 0 Å². The third-order valence-corrected chi connectivity index (χ3v) is 5.15. The standard InChI is InChI=1S/C17H27BrN2/c1-4-7-14-8-5-6-11-20(14)15-9-10-16(13(2)19-3)17(18)12-15/h9-10,12-14,19H,4-8,11H2,1-3H3. The van der Waals surface area contributed by atoms with E-state index in [0.29, 0.717) is 6.04 Å². The van der Waals surface area contributed by atoms with E-state index in [1.165, 1.54) is 54.4 Å². The van der Waals surface area contributed by atoms with Crippen molar-refractivity contribution in [3.05, 3.63) is 28.2 Å². The lowest BCUT2D eigenvalue weighted by molar-refractivity contribution is 0.434. The Morgan fingerprint density at radius 1 is 1.40 bits per heavy atom. The van der Waals surface area contributed by atoms with Crippen molar-refractivity contribution < 1.29 is 0 Å². The molecule has 2 nitrogen and oxygen atoms in total. The summed E-state index contributed by atoms with van der Waals surface area (Å²) < 4.78 is 1.22. The highest BCUT2D eigenvalue weighted by molar-refractivity contribution is 9.10. The first-order valence-electron chi connectivity index (χ1n) is 7.90. The topological polar surface area (TPSA) is 15.3 Å². The van der Waals surface area contributed by atoms with E-state index in [4.69, 9.17) is 0 Å². The Morgan fingerprint density at radius 3 is 2.85 bits per heavy atom. The highest BCUT2D eigenvalue weighted by Crippen LogP contribution is 2.32. The van der Waals surface area contributed by atoms with E-state index in [1.807, 2.05) is 7.05 Å². The molecule has 1 aliphatic heterocycles. The normalized spacial score (nSPS) is 21.0. The van der Waals surface area contributed by atoms with Crippen LogP contribution < -0.4 is 10.2 Å². The summed E-state index contributed by atoms with van der Waals surface area (Å²) in [6, 6.07) is 7.97. The van der Waals surface area contributed by atoms with Crippen LogP contribution in [0.2, 0.25) is 0 Å². The molecule has 3 heteroatoms. The van der Waals surface area contributed by atoms with Crippen molar-refractivity contribution in [3.8, 4) is 0 Å². The van der Waals surface area contributed by atoms with Crippen molar-refractivity contribution in [1.82, 2.24) is 5.32 Å². The van der Waals surface area contributed by atoms with Crippen LogP contribution in [0.15, 0.2) is 22.7 Å². The van der Waals surface area contributed by atoms with E-state index >= 15 is 0 Å². The second-order valence-corrected chi connectivity index (χ2v) is 6.70. The van der Waals surface area contributed by atoms with Crippen molar-refractivity contribution in [2.24, 2.45) is 0 Å². The van der Waals surface area contributed by atoms with Crippen LogP contribution in [0.3, 0.4) is 0 Å². The van der Waals surface area contributed by atoms with Gasteiger partial charge in [0.1, 0.15) is 0 Å². The molecule has 1 N–H and O–H groups in total. The fourth-order valence-electron chi connectivity index (χ4n) is 3.18. The van der Waals surface area contributed by atoms with Crippen LogP contribution in [-0.2, 0) is 0 Å². The number of halogens is 1. The van der Waals surface area contributed by atoms with Gasteiger partial charge in [-0.2, -0.15) is 0 Å². The first-order valence-corrected chi connectivity index (χ1v) is 8.70. The Balaban J connectivity index is 2.21. The highest BCUT2D eigenvalue weighted by atomic mass is 79.9. The molecular formula is C17H27BrN2. The number of benzene rings is 1. The monoisotopic (exact) mass is 338 g/mol. The van der Waals surface area contributed by atoms with Crippen molar-refractivity contribution in [1.29, 1.82) is 0 Å². The predicted octanol–water partition coefficient (Wildman–Crippen LogP) is 4.89. The Kier molecular flexibility index (Phi) is 5.91. The smallest absolute Gasteiger partial charge is 0.0380 e. The second-order valence-electron chi connectivity index (χ2n) is 5.85. The summed E-state index contributed by atoms with van der Waals surface area (Å²) in [5.41, 5.74) is 2.71. The van der Waals surface area contributed by atoms with E-state index in [1.54, 1.807) is 0 Å². The van der Waals surface area contributed by atoms with Crippen molar-refractivity contribution in [2.45, 2.75) is 58.0 Å². The fraction of sp³-hybridized carbons (Fsp3) is 0.647. The van der Waals surface area contributed by atoms with E-state index in [2.05, 4.69) is 58.2 Å². The summed E-state index contributed by atoms with van der Waals surface area (Å²) >= 11 is 3.75. The lowest BCUT2D eigenvalue weighted by Gasteiger charge is -2.38. The number of anilines is 1. The second kappa shape index (κ2) is 7.46. The molecule has 2 unspecified atom stereocenters. The van der Waals surface area contributed by atoms with Gasteiger partial charge in [0.05, 0.1) is 0 Å². The van der Waals surface area contributed by atoms with Crippen LogP contribution in [-0.4, -0.2) is 19.6 Å². The number of piperidine rings is 1. The van der Waals surface area contributed by atoms with Gasteiger partial charge in [-0.25, -0.2) is 0 Å². The quantitative estimate of drug-likeness (QED) is 0.822. The van der Waals surface area contributed by atoms with Crippen LogP contribution >= 0.6 is 15.9 Å². The van der Waals surface area contributed by atoms with Crippen LogP contribution in [0.1, 0.15) is 57.6 Å². The van der Waals surface area contributed by atoms with Gasteiger partial charge in [0.15, 0.2) is 0 Å². The first kappa shape index (κ1) is 15.8. The average Bonchev–Trinajstić information content (AvgIpc) is 2.47. The molecule has 2 atom stereocenters. The molecule has 112 valence electrons. The summed E-state index contributed by atoms with van der Waals surface area (Å²) in [5, 5.41) is 3.31. The molecule has 1 aliphatic rings. The van der Waals surface area contributed by atoms with Gasteiger partial charge in [0.2, 0.25) is 0 Å². The molecule has 0 radical (unpaired) electrons. The van der Waals surface area contributed by atoms with Crippen LogP contribution in [0.5, 0.6) is 0 Å². The molecule has 0 bridgehead atoms. The molecule has 20 heavy (non-hydrogen) atoms. The maximum Gasteiger partial charge on any atom is 0.0380 e. The Bertz CT molecular complexity index is 431. The van der Waals surface area contributed by atoms with Crippen molar-refractivity contribution in [2.75, 3.05) is 18.5 Å². The third-order valence-electron chi connectivity index (χ3n) is 4.46. The molecule has 0 spiro atoms. The molecule has 1 fully saturated rings. The molecule has 0 amide bonds. The summed E-state index contributed by atoms with van der Waals surface area (Å²) in [5.74, 6) is 0.